The molecule has 39 heavy (non-hydrogen) atoms. The Bertz CT molecular complexity index is 1120. The molecule has 9 heteroatoms. The number of carbonyl (C=O) groups excluding carboxylic acids is 1. The Morgan fingerprint density at radius 2 is 1.97 bits per heavy atom. The van der Waals surface area contributed by atoms with Crippen LogP contribution in [0.15, 0.2) is 28.8 Å². The average molecular weight is 541 g/mol. The Balaban J connectivity index is 1.56. The van der Waals surface area contributed by atoms with Crippen LogP contribution in [-0.4, -0.2) is 96.1 Å². The zero-order chi connectivity index (χ0) is 27.9. The molecule has 1 aromatic carbocycles. The van der Waals surface area contributed by atoms with Gasteiger partial charge >= 0.3 is 5.97 Å². The predicted molar refractivity (Wildman–Crippen MR) is 149 cm³/mol. The number of fused-ring (bicyclic) bond motifs is 1. The van der Waals surface area contributed by atoms with E-state index in [1.807, 2.05) is 38.1 Å². The van der Waals surface area contributed by atoms with Crippen molar-refractivity contribution in [3.05, 3.63) is 47.2 Å². The third kappa shape index (κ3) is 7.39. The molecule has 3 atom stereocenters. The molecule has 0 radical (unpaired) electrons. The fraction of sp³-hybridized carbons (Fsp3) is 0.633. The summed E-state index contributed by atoms with van der Waals surface area (Å²) in [6.07, 6.45) is 6.50. The van der Waals surface area contributed by atoms with Gasteiger partial charge in [0, 0.05) is 44.4 Å². The van der Waals surface area contributed by atoms with Crippen molar-refractivity contribution in [2.24, 2.45) is 5.92 Å². The molecular weight excluding hydrogens is 496 g/mol. The topological polar surface area (TPSA) is 99.3 Å². The smallest absolute Gasteiger partial charge is 0.308 e. The Morgan fingerprint density at radius 3 is 2.67 bits per heavy atom. The van der Waals surface area contributed by atoms with Crippen molar-refractivity contribution in [2.75, 3.05) is 53.4 Å². The summed E-state index contributed by atoms with van der Waals surface area (Å²) in [5.41, 5.74) is 2.14. The van der Waals surface area contributed by atoms with Crippen LogP contribution < -0.4 is 4.74 Å². The minimum absolute atomic E-state index is 0.0753. The van der Waals surface area contributed by atoms with Crippen LogP contribution >= 0.6 is 0 Å². The lowest BCUT2D eigenvalue weighted by Gasteiger charge is -2.30. The molecule has 0 aliphatic carbocycles. The number of likely N-dealkylation sites (tertiary alicyclic amines) is 1. The summed E-state index contributed by atoms with van der Waals surface area (Å²) in [4.78, 5) is 37.0. The van der Waals surface area contributed by atoms with Crippen LogP contribution in [0.1, 0.15) is 61.3 Å². The molecule has 0 spiro atoms. The summed E-state index contributed by atoms with van der Waals surface area (Å²) in [6, 6.07) is 5.77. The molecule has 0 bridgehead atoms. The van der Waals surface area contributed by atoms with Crippen molar-refractivity contribution in [3.63, 3.8) is 0 Å². The molecule has 2 aliphatic rings. The van der Waals surface area contributed by atoms with Crippen LogP contribution in [0.3, 0.4) is 0 Å². The summed E-state index contributed by atoms with van der Waals surface area (Å²) in [6.45, 7) is 7.75. The SMILES string of the molecule is CCCCN(CCCN(C)C)C(=O)CN1C[C@H](c2ccc3c(c2)CCO3)[C@@H](C(=O)O)[C@@H]1CCc1ncc(C)o1. The highest BCUT2D eigenvalue weighted by Crippen LogP contribution is 2.41. The molecule has 1 saturated heterocycles. The normalized spacial score (nSPS) is 20.8. The molecule has 214 valence electrons. The van der Waals surface area contributed by atoms with Gasteiger partial charge in [0.2, 0.25) is 5.91 Å². The highest BCUT2D eigenvalue weighted by atomic mass is 16.5. The number of ether oxygens (including phenoxy) is 1. The molecule has 1 amide bonds. The number of hydrogen-bond acceptors (Lipinski definition) is 7. The van der Waals surface area contributed by atoms with E-state index >= 15 is 0 Å². The Hall–Kier alpha value is -2.91. The lowest BCUT2D eigenvalue weighted by atomic mass is 9.83. The molecule has 0 unspecified atom stereocenters. The first kappa shape index (κ1) is 29.1. The molecule has 1 N–H and O–H groups in total. The number of amides is 1. The largest absolute Gasteiger partial charge is 0.493 e. The number of carboxylic acids is 1. The highest BCUT2D eigenvalue weighted by molar-refractivity contribution is 5.79. The monoisotopic (exact) mass is 540 g/mol. The van der Waals surface area contributed by atoms with E-state index in [1.54, 1.807) is 6.20 Å². The molecule has 4 rings (SSSR count). The fourth-order valence-electron chi connectivity index (χ4n) is 5.98. The minimum Gasteiger partial charge on any atom is -0.493 e. The number of aryl methyl sites for hydroxylation is 2. The third-order valence-corrected chi connectivity index (χ3v) is 8.00. The summed E-state index contributed by atoms with van der Waals surface area (Å²) >= 11 is 0. The highest BCUT2D eigenvalue weighted by Gasteiger charge is 2.47. The number of oxazole rings is 1. The Kier molecular flexibility index (Phi) is 10.0. The number of carboxylic acid groups (broad SMARTS) is 1. The first-order valence-corrected chi connectivity index (χ1v) is 14.3. The Labute approximate surface area is 232 Å². The van der Waals surface area contributed by atoms with Crippen molar-refractivity contribution in [1.82, 2.24) is 19.7 Å². The van der Waals surface area contributed by atoms with E-state index in [0.29, 0.717) is 38.4 Å². The van der Waals surface area contributed by atoms with Gasteiger partial charge in [-0.3, -0.25) is 14.5 Å². The van der Waals surface area contributed by atoms with E-state index in [-0.39, 0.29) is 24.4 Å². The van der Waals surface area contributed by atoms with E-state index in [4.69, 9.17) is 9.15 Å². The maximum absolute atomic E-state index is 13.7. The molecule has 1 aromatic heterocycles. The molecule has 0 saturated carbocycles. The van der Waals surface area contributed by atoms with E-state index in [9.17, 15) is 14.7 Å². The van der Waals surface area contributed by atoms with Crippen LogP contribution in [0.2, 0.25) is 0 Å². The second-order valence-corrected chi connectivity index (χ2v) is 11.2. The van der Waals surface area contributed by atoms with Gasteiger partial charge < -0.3 is 24.1 Å². The number of nitrogens with zero attached hydrogens (tertiary/aromatic N) is 4. The van der Waals surface area contributed by atoms with Gasteiger partial charge in [0.05, 0.1) is 25.3 Å². The molecule has 2 aromatic rings. The van der Waals surface area contributed by atoms with Crippen LogP contribution in [0.5, 0.6) is 5.75 Å². The Morgan fingerprint density at radius 1 is 1.18 bits per heavy atom. The number of benzene rings is 1. The zero-order valence-electron chi connectivity index (χ0n) is 23.9. The van der Waals surface area contributed by atoms with E-state index in [0.717, 1.165) is 61.4 Å². The standard InChI is InChI=1S/C30H44N4O5/c1-5-6-14-33(15-7-13-32(3)4)28(35)20-34-19-24(22-8-10-26-23(17-22)12-16-38-26)29(30(36)37)25(34)9-11-27-31-18-21(2)39-27/h8,10,17-18,24-25,29H,5-7,9,11-16,19-20H2,1-4H3,(H,36,37)/t24-,25+,29-/m1/s1. The maximum Gasteiger partial charge on any atom is 0.308 e. The summed E-state index contributed by atoms with van der Waals surface area (Å²) in [7, 11) is 4.08. The molecule has 2 aliphatic heterocycles. The molecule has 1 fully saturated rings. The quantitative estimate of drug-likeness (QED) is 0.388. The summed E-state index contributed by atoms with van der Waals surface area (Å²) < 4.78 is 11.4. The second kappa shape index (κ2) is 13.4. The van der Waals surface area contributed by atoms with E-state index < -0.39 is 11.9 Å². The van der Waals surface area contributed by atoms with Gasteiger partial charge in [-0.25, -0.2) is 4.98 Å². The first-order valence-electron chi connectivity index (χ1n) is 14.3. The van der Waals surface area contributed by atoms with Crippen LogP contribution in [0.4, 0.5) is 0 Å². The van der Waals surface area contributed by atoms with Gasteiger partial charge in [-0.1, -0.05) is 25.5 Å². The van der Waals surface area contributed by atoms with Crippen LogP contribution in [0.25, 0.3) is 0 Å². The number of unbranched alkanes of at least 4 members (excludes halogenated alkanes) is 1. The number of carbonyl (C=O) groups is 2. The number of rotatable bonds is 14. The second-order valence-electron chi connectivity index (χ2n) is 11.2. The van der Waals surface area contributed by atoms with Gasteiger partial charge in [0.25, 0.3) is 0 Å². The predicted octanol–water partition coefficient (Wildman–Crippen LogP) is 3.60. The first-order chi connectivity index (χ1) is 18.8. The van der Waals surface area contributed by atoms with Crippen molar-refractivity contribution in [1.29, 1.82) is 0 Å². The number of aliphatic carboxylic acids is 1. The van der Waals surface area contributed by atoms with Crippen molar-refractivity contribution >= 4 is 11.9 Å². The van der Waals surface area contributed by atoms with Gasteiger partial charge in [0.15, 0.2) is 5.89 Å². The van der Waals surface area contributed by atoms with Gasteiger partial charge in [0.1, 0.15) is 11.5 Å². The van der Waals surface area contributed by atoms with Gasteiger partial charge in [-0.05, 0) is 64.0 Å². The van der Waals surface area contributed by atoms with E-state index in [1.165, 1.54) is 0 Å². The molecule has 9 nitrogen and oxygen atoms in total. The average Bonchev–Trinajstić information content (AvgIpc) is 3.62. The number of hydrogen-bond donors (Lipinski definition) is 1. The lowest BCUT2D eigenvalue weighted by Crippen LogP contribution is -2.45. The van der Waals surface area contributed by atoms with E-state index in [2.05, 4.69) is 27.8 Å². The summed E-state index contributed by atoms with van der Waals surface area (Å²) in [5.74, 6) is 0.633. The van der Waals surface area contributed by atoms with Crippen molar-refractivity contribution in [3.8, 4) is 5.75 Å². The van der Waals surface area contributed by atoms with Crippen molar-refractivity contribution < 1.29 is 23.8 Å². The molecule has 3 heterocycles. The van der Waals surface area contributed by atoms with Gasteiger partial charge in [-0.15, -0.1) is 0 Å². The molecular formula is C30H44N4O5. The lowest BCUT2D eigenvalue weighted by molar-refractivity contribution is -0.143. The zero-order valence-corrected chi connectivity index (χ0v) is 23.9. The number of aromatic nitrogens is 1. The fourth-order valence-corrected chi connectivity index (χ4v) is 5.98. The minimum atomic E-state index is -0.825. The third-order valence-electron chi connectivity index (χ3n) is 8.00. The maximum atomic E-state index is 13.7. The van der Waals surface area contributed by atoms with Gasteiger partial charge in [-0.2, -0.15) is 0 Å². The van der Waals surface area contributed by atoms with Crippen molar-refractivity contribution in [2.45, 2.75) is 64.3 Å². The van der Waals surface area contributed by atoms with Crippen LogP contribution in [0, 0.1) is 12.8 Å². The summed E-state index contributed by atoms with van der Waals surface area (Å²) in [5, 5.41) is 10.5. The van der Waals surface area contributed by atoms with Crippen LogP contribution in [-0.2, 0) is 22.4 Å².